The van der Waals surface area contributed by atoms with E-state index in [0.717, 1.165) is 29.7 Å². The van der Waals surface area contributed by atoms with Crippen molar-refractivity contribution in [1.82, 2.24) is 49.8 Å². The molecule has 1 aromatic carbocycles. The molecular weight excluding hydrogens is 1230 g/mol. The Balaban J connectivity index is 1.89. The van der Waals surface area contributed by atoms with Gasteiger partial charge >= 0.3 is 5.97 Å². The molecule has 1 atom stereocenters. The Labute approximate surface area is 560 Å². The molecule has 0 spiro atoms. The number of aliphatic carboxylic acids is 1. The highest BCUT2D eigenvalue weighted by Gasteiger charge is 2.35. The number of amides is 9. The number of carboxylic acids is 1. The van der Waals surface area contributed by atoms with Gasteiger partial charge in [0.2, 0.25) is 60.0 Å². The summed E-state index contributed by atoms with van der Waals surface area (Å²) in [5.74, 6) is -4.49. The Morgan fingerprint density at radius 2 is 1.00 bits per heavy atom. The number of nitrogens with two attached hydrogens (primary N) is 5. The number of ether oxygens (including phenoxy) is 3. The van der Waals surface area contributed by atoms with Crippen LogP contribution in [-0.2, 0) is 59.2 Å². The number of unbranched alkanes of at least 4 members (excludes halogenated alkanes) is 5. The van der Waals surface area contributed by atoms with Crippen LogP contribution in [0.1, 0.15) is 129 Å². The van der Waals surface area contributed by atoms with Crippen molar-refractivity contribution < 1.29 is 67.3 Å². The summed E-state index contributed by atoms with van der Waals surface area (Å²) in [5, 5.41) is 15.4. The third-order valence-electron chi connectivity index (χ3n) is 16.1. The van der Waals surface area contributed by atoms with E-state index in [4.69, 9.17) is 42.9 Å². The first-order valence-corrected chi connectivity index (χ1v) is 35.1. The average Bonchev–Trinajstić information content (AvgIpc) is 1.08. The molecule has 1 saturated carbocycles. The van der Waals surface area contributed by atoms with Crippen LogP contribution in [0.2, 0.25) is 0 Å². The van der Waals surface area contributed by atoms with E-state index in [1.807, 2.05) is 32.2 Å². The molecule has 0 radical (unpaired) electrons. The number of nitrogens with one attached hydrogen (secondary N) is 2. The Hall–Kier alpha value is -6.41. The highest BCUT2D eigenvalue weighted by molar-refractivity contribution is 7.98. The highest BCUT2D eigenvalue weighted by Crippen LogP contribution is 2.32. The summed E-state index contributed by atoms with van der Waals surface area (Å²) in [7, 11) is 0. The van der Waals surface area contributed by atoms with Gasteiger partial charge in [0.15, 0.2) is 11.5 Å². The van der Waals surface area contributed by atoms with Crippen LogP contribution >= 0.6 is 11.8 Å². The molecule has 3 rings (SSSR count). The van der Waals surface area contributed by atoms with Crippen LogP contribution in [0.3, 0.4) is 0 Å². The van der Waals surface area contributed by atoms with Crippen molar-refractivity contribution in [2.24, 2.45) is 34.6 Å². The van der Waals surface area contributed by atoms with Gasteiger partial charge in [-0.2, -0.15) is 11.8 Å². The molecule has 1 unspecified atom stereocenters. The number of fused-ring (bicyclic) bond motifs is 1. The van der Waals surface area contributed by atoms with Gasteiger partial charge in [0.1, 0.15) is 25.9 Å². The summed E-state index contributed by atoms with van der Waals surface area (Å²) in [6.45, 7) is 4.58. The van der Waals surface area contributed by atoms with E-state index in [9.17, 15) is 53.1 Å². The van der Waals surface area contributed by atoms with E-state index in [2.05, 4.69) is 10.6 Å². The molecule has 534 valence electrons. The lowest BCUT2D eigenvalue weighted by molar-refractivity contribution is -0.151. The Kier molecular flexibility index (Phi) is 41.3. The normalized spacial score (nSPS) is 13.0. The van der Waals surface area contributed by atoms with Crippen LogP contribution in [0, 0.1) is 5.92 Å². The summed E-state index contributed by atoms with van der Waals surface area (Å²) in [5.41, 5.74) is 30.1. The standard InChI is InChI=1S/C64H113N15O14S/c1-5-91-47-78(44-60(85)74(31-16-11-26-67)41-57(82)72(29-14-9-24-65)39-55(80)71-52(64(89)90)23-34-94-4)61(86)42-75(32-17-12-27-68)59(84)43-77(38-49(2)3)62(87)46-79(51-19-7-6-8-20-51)63(88)45-76(33-18-13-28-69)58(83)40-73(30-15-10-25-66)56(81)37-70-36-50-21-22-53-54(35-50)93-48-92-53/h21-22,35,49,51-52,70H,5-20,23-34,36-48,65-69H2,1-4H3,(H,71,80)(H,89,90). The van der Waals surface area contributed by atoms with Gasteiger partial charge in [0, 0.05) is 58.5 Å². The fourth-order valence-corrected chi connectivity index (χ4v) is 11.3. The molecule has 1 fully saturated rings. The highest BCUT2D eigenvalue weighted by atomic mass is 32.2. The monoisotopic (exact) mass is 1350 g/mol. The van der Waals surface area contributed by atoms with Crippen molar-refractivity contribution in [3.8, 4) is 11.5 Å². The molecule has 30 heteroatoms. The maximum Gasteiger partial charge on any atom is 0.326 e. The smallest absolute Gasteiger partial charge is 0.326 e. The predicted octanol–water partition coefficient (Wildman–Crippen LogP) is 0.133. The first kappa shape index (κ1) is 81.8. The molecule has 1 aliphatic heterocycles. The molecule has 1 heterocycles. The first-order chi connectivity index (χ1) is 45.2. The second-order valence-electron chi connectivity index (χ2n) is 24.3. The van der Waals surface area contributed by atoms with Crippen molar-refractivity contribution in [3.05, 3.63) is 23.8 Å². The lowest BCUT2D eigenvalue weighted by Gasteiger charge is -2.37. The minimum Gasteiger partial charge on any atom is -0.480 e. The van der Waals surface area contributed by atoms with E-state index in [1.165, 1.54) is 46.1 Å². The molecular formula is C64H113N15O14S. The molecule has 0 aromatic heterocycles. The van der Waals surface area contributed by atoms with Gasteiger partial charge in [-0.1, -0.05) is 39.2 Å². The molecule has 29 nitrogen and oxygen atoms in total. The fraction of sp³-hybridized carbons (Fsp3) is 0.750. The van der Waals surface area contributed by atoms with Gasteiger partial charge in [0.05, 0.1) is 45.8 Å². The second-order valence-corrected chi connectivity index (χ2v) is 25.3. The van der Waals surface area contributed by atoms with Crippen LogP contribution in [0.25, 0.3) is 0 Å². The largest absolute Gasteiger partial charge is 0.480 e. The number of hydrogen-bond donors (Lipinski definition) is 8. The van der Waals surface area contributed by atoms with E-state index in [1.54, 1.807) is 13.0 Å². The number of thioether (sulfide) groups is 1. The number of hydrogen-bond acceptors (Lipinski definition) is 20. The maximum absolute atomic E-state index is 14.9. The van der Waals surface area contributed by atoms with Gasteiger partial charge in [-0.15, -0.1) is 0 Å². The number of carbonyl (C=O) groups is 10. The molecule has 94 heavy (non-hydrogen) atoms. The second kappa shape index (κ2) is 47.5. The summed E-state index contributed by atoms with van der Waals surface area (Å²) in [4.78, 5) is 152. The van der Waals surface area contributed by atoms with Crippen LogP contribution in [0.5, 0.6) is 11.5 Å². The summed E-state index contributed by atoms with van der Waals surface area (Å²) >= 11 is 1.43. The maximum atomic E-state index is 14.9. The summed E-state index contributed by atoms with van der Waals surface area (Å²) in [6, 6.07) is 4.00. The van der Waals surface area contributed by atoms with Crippen molar-refractivity contribution in [2.75, 3.05) is 163 Å². The summed E-state index contributed by atoms with van der Waals surface area (Å²) in [6.07, 6.45) is 10.7. The zero-order valence-corrected chi connectivity index (χ0v) is 57.4. The van der Waals surface area contributed by atoms with Gasteiger partial charge < -0.3 is 97.8 Å². The summed E-state index contributed by atoms with van der Waals surface area (Å²) < 4.78 is 16.6. The lowest BCUT2D eigenvalue weighted by atomic mass is 9.94. The zero-order valence-electron chi connectivity index (χ0n) is 56.6. The molecule has 13 N–H and O–H groups in total. The lowest BCUT2D eigenvalue weighted by Crippen LogP contribution is -2.55. The number of carboxylic acid groups (broad SMARTS) is 1. The SMILES string of the molecule is CCOCN(CC(=O)N(CCCCN)CC(=O)N(CCCCN)CC(=O)NC(CCSC)C(=O)O)C(=O)CN(CCCCN)C(=O)CN(CC(C)C)C(=O)CN(C(=O)CN(CCCCN)C(=O)CN(CCCCN)C(=O)CNCc1ccc2c(c1)OCO2)C1CCCCC1. The number of nitrogens with zero attached hydrogens (tertiary/aromatic N) is 8. The molecule has 2 aliphatic rings. The van der Waals surface area contributed by atoms with E-state index < -0.39 is 98.5 Å². The van der Waals surface area contributed by atoms with Crippen LogP contribution in [0.4, 0.5) is 0 Å². The number of benzene rings is 1. The molecule has 1 aromatic rings. The number of rotatable bonds is 51. The third-order valence-corrected chi connectivity index (χ3v) is 16.8. The molecule has 0 bridgehead atoms. The Bertz CT molecular complexity index is 2480. The minimum atomic E-state index is -1.21. The zero-order chi connectivity index (χ0) is 69.2. The van der Waals surface area contributed by atoms with Gasteiger partial charge in [0.25, 0.3) is 0 Å². The van der Waals surface area contributed by atoms with Gasteiger partial charge in [-0.25, -0.2) is 4.79 Å². The Morgan fingerprint density at radius 1 is 0.564 bits per heavy atom. The minimum absolute atomic E-state index is 0.0639. The van der Waals surface area contributed by atoms with Crippen molar-refractivity contribution in [1.29, 1.82) is 0 Å². The van der Waals surface area contributed by atoms with Crippen LogP contribution < -0.4 is 48.8 Å². The van der Waals surface area contributed by atoms with E-state index in [0.29, 0.717) is 134 Å². The molecule has 1 aliphatic carbocycles. The Morgan fingerprint density at radius 3 is 1.47 bits per heavy atom. The average molecular weight is 1350 g/mol. The van der Waals surface area contributed by atoms with Crippen LogP contribution in [0.15, 0.2) is 18.2 Å². The van der Waals surface area contributed by atoms with Gasteiger partial charge in [-0.3, -0.25) is 43.2 Å². The van der Waals surface area contributed by atoms with Crippen molar-refractivity contribution in [3.63, 3.8) is 0 Å². The topological polar surface area (TPSA) is 399 Å². The predicted molar refractivity (Wildman–Crippen MR) is 359 cm³/mol. The fourth-order valence-electron chi connectivity index (χ4n) is 10.8. The van der Waals surface area contributed by atoms with Gasteiger partial charge in [-0.05, 0) is 159 Å². The molecule has 9 amide bonds. The number of carbonyl (C=O) groups excluding carboxylic acids is 9. The first-order valence-electron chi connectivity index (χ1n) is 33.7. The molecule has 0 saturated heterocycles. The van der Waals surface area contributed by atoms with Crippen molar-refractivity contribution >= 4 is 70.9 Å². The van der Waals surface area contributed by atoms with E-state index in [-0.39, 0.29) is 103 Å². The van der Waals surface area contributed by atoms with E-state index >= 15 is 0 Å². The third kappa shape index (κ3) is 31.4. The van der Waals surface area contributed by atoms with Crippen LogP contribution in [-0.4, -0.2) is 279 Å². The van der Waals surface area contributed by atoms with Crippen molar-refractivity contribution in [2.45, 2.75) is 142 Å². The quantitative estimate of drug-likeness (QED) is 0.0317.